The molecular formula is C25H23F8N3O4. The molecule has 2 aromatic carbocycles. The maximum Gasteiger partial charge on any atom is 0.455 e. The van der Waals surface area contributed by atoms with Crippen LogP contribution in [0.1, 0.15) is 25.5 Å². The predicted molar refractivity (Wildman–Crippen MR) is 125 cm³/mol. The van der Waals surface area contributed by atoms with E-state index in [1.54, 1.807) is 12.1 Å². The van der Waals surface area contributed by atoms with E-state index in [1.807, 2.05) is 0 Å². The van der Waals surface area contributed by atoms with Gasteiger partial charge in [-0.25, -0.2) is 0 Å². The van der Waals surface area contributed by atoms with E-state index >= 15 is 0 Å². The van der Waals surface area contributed by atoms with Gasteiger partial charge in [0.15, 0.2) is 6.10 Å². The number of benzene rings is 2. The lowest BCUT2D eigenvalue weighted by molar-refractivity contribution is -0.278. The van der Waals surface area contributed by atoms with Gasteiger partial charge in [-0.1, -0.05) is 42.5 Å². The van der Waals surface area contributed by atoms with Crippen molar-refractivity contribution in [1.29, 1.82) is 0 Å². The molecule has 0 bridgehead atoms. The van der Waals surface area contributed by atoms with E-state index in [9.17, 15) is 54.6 Å². The first-order chi connectivity index (χ1) is 18.3. The summed E-state index contributed by atoms with van der Waals surface area (Å²) in [6, 6.07) is 9.98. The summed E-state index contributed by atoms with van der Waals surface area (Å²) in [4.78, 5) is 39.9. The second-order valence-corrected chi connectivity index (χ2v) is 9.53. The molecule has 0 saturated heterocycles. The molecule has 0 aromatic heterocycles. The Morgan fingerprint density at radius 2 is 1.45 bits per heavy atom. The van der Waals surface area contributed by atoms with Crippen molar-refractivity contribution in [3.05, 3.63) is 54.1 Å². The summed E-state index contributed by atoms with van der Waals surface area (Å²) in [5.74, 6) is -9.25. The summed E-state index contributed by atoms with van der Waals surface area (Å²) < 4.78 is 104. The lowest BCUT2D eigenvalue weighted by Gasteiger charge is -2.31. The lowest BCUT2D eigenvalue weighted by Crippen LogP contribution is -2.55. The number of β-amino-alcohol motifs (C(OH)–C–C–N with tert-alkyl or cyclic N) is 1. The molecule has 1 aliphatic rings. The fourth-order valence-corrected chi connectivity index (χ4v) is 3.87. The Labute approximate surface area is 222 Å². The van der Waals surface area contributed by atoms with Crippen molar-refractivity contribution < 1.29 is 54.6 Å². The number of halogens is 8. The van der Waals surface area contributed by atoms with Gasteiger partial charge in [0.05, 0.1) is 18.8 Å². The number of amides is 3. The summed E-state index contributed by atoms with van der Waals surface area (Å²) in [7, 11) is 0. The summed E-state index contributed by atoms with van der Waals surface area (Å²) in [6.45, 7) is -1.61. The van der Waals surface area contributed by atoms with E-state index in [-0.39, 0.29) is 16.8 Å². The molecule has 0 radical (unpaired) electrons. The topological polar surface area (TPSA) is 98.7 Å². The molecule has 1 aliphatic heterocycles. The molecule has 7 nitrogen and oxygen atoms in total. The first-order valence-electron chi connectivity index (χ1n) is 11.6. The van der Waals surface area contributed by atoms with Crippen LogP contribution >= 0.6 is 0 Å². The second-order valence-electron chi connectivity index (χ2n) is 9.53. The van der Waals surface area contributed by atoms with Crippen molar-refractivity contribution in [1.82, 2.24) is 10.6 Å². The normalized spacial score (nSPS) is 16.9. The van der Waals surface area contributed by atoms with Gasteiger partial charge in [-0.05, 0) is 31.0 Å². The number of hydrogen-bond acceptors (Lipinski definition) is 4. The quantitative estimate of drug-likeness (QED) is 0.339. The van der Waals surface area contributed by atoms with Gasteiger partial charge in [-0.15, -0.1) is 0 Å². The predicted octanol–water partition coefficient (Wildman–Crippen LogP) is 4.12. The number of aliphatic hydroxyl groups is 1. The molecule has 3 rings (SSSR count). The van der Waals surface area contributed by atoms with Gasteiger partial charge in [0.25, 0.3) is 5.91 Å². The number of nitrogens with zero attached hydrogens (tertiary/aromatic N) is 1. The van der Waals surface area contributed by atoms with E-state index in [0.29, 0.717) is 10.5 Å². The average molecular weight is 581 g/mol. The molecule has 0 spiro atoms. The molecule has 2 aromatic rings. The zero-order valence-electron chi connectivity index (χ0n) is 20.8. The van der Waals surface area contributed by atoms with E-state index in [2.05, 4.69) is 5.32 Å². The summed E-state index contributed by atoms with van der Waals surface area (Å²) in [5, 5.41) is 13.3. The highest BCUT2D eigenvalue weighted by Gasteiger charge is 2.58. The molecule has 0 saturated carbocycles. The molecule has 0 aliphatic carbocycles. The monoisotopic (exact) mass is 581 g/mol. The minimum Gasteiger partial charge on any atom is -0.382 e. The van der Waals surface area contributed by atoms with Crippen LogP contribution in [0, 0.1) is 5.41 Å². The molecule has 218 valence electrons. The number of anilines is 1. The first-order valence-corrected chi connectivity index (χ1v) is 11.6. The third kappa shape index (κ3) is 6.03. The minimum absolute atomic E-state index is 0.0219. The Morgan fingerprint density at radius 1 is 0.900 bits per heavy atom. The van der Waals surface area contributed by atoms with E-state index in [0.717, 1.165) is 13.8 Å². The Balaban J connectivity index is 1.98. The molecule has 40 heavy (non-hydrogen) atoms. The minimum atomic E-state index is -5.97. The van der Waals surface area contributed by atoms with Crippen LogP contribution in [0.5, 0.6) is 0 Å². The van der Waals surface area contributed by atoms with Gasteiger partial charge in [-0.2, -0.15) is 35.1 Å². The van der Waals surface area contributed by atoms with E-state index < -0.39 is 66.6 Å². The Bertz CT molecular complexity index is 1290. The molecule has 3 N–H and O–H groups in total. The third-order valence-corrected chi connectivity index (χ3v) is 6.30. The van der Waals surface area contributed by atoms with Crippen molar-refractivity contribution in [2.75, 3.05) is 18.0 Å². The molecule has 0 fully saturated rings. The van der Waals surface area contributed by atoms with Crippen LogP contribution in [0.25, 0.3) is 11.1 Å². The molecule has 3 amide bonds. The Kier molecular flexibility index (Phi) is 8.21. The maximum absolute atomic E-state index is 13.6. The van der Waals surface area contributed by atoms with Gasteiger partial charge >= 0.3 is 18.3 Å². The van der Waals surface area contributed by atoms with Crippen molar-refractivity contribution in [2.45, 2.75) is 44.3 Å². The SMILES string of the molecule is CC(C)(C(=O)NCC(F)(F)C(F)(F)F)C(=O)N[C@@H]1C(=O)N(CC(O)C(F)(F)F)c2ccccc2-c2ccccc21. The van der Waals surface area contributed by atoms with Gasteiger partial charge < -0.3 is 20.6 Å². The molecule has 15 heteroatoms. The lowest BCUT2D eigenvalue weighted by atomic mass is 9.89. The van der Waals surface area contributed by atoms with Crippen molar-refractivity contribution in [3.8, 4) is 11.1 Å². The zero-order valence-corrected chi connectivity index (χ0v) is 20.8. The van der Waals surface area contributed by atoms with Crippen LogP contribution < -0.4 is 15.5 Å². The molecule has 1 heterocycles. The van der Waals surface area contributed by atoms with Crippen LogP contribution in [-0.4, -0.2) is 60.3 Å². The van der Waals surface area contributed by atoms with Crippen molar-refractivity contribution >= 4 is 23.4 Å². The number of alkyl halides is 8. The number of rotatable bonds is 7. The molecule has 2 atom stereocenters. The van der Waals surface area contributed by atoms with Gasteiger partial charge in [-0.3, -0.25) is 14.4 Å². The van der Waals surface area contributed by atoms with E-state index in [4.69, 9.17) is 0 Å². The number of nitrogens with one attached hydrogen (secondary N) is 2. The smallest absolute Gasteiger partial charge is 0.382 e. The highest BCUT2D eigenvalue weighted by molar-refractivity contribution is 6.09. The van der Waals surface area contributed by atoms with E-state index in [1.165, 1.54) is 41.7 Å². The largest absolute Gasteiger partial charge is 0.455 e. The number of aliphatic hydroxyl groups excluding tert-OH is 1. The van der Waals surface area contributed by atoms with Gasteiger partial charge in [0, 0.05) is 5.56 Å². The maximum atomic E-state index is 13.6. The summed E-state index contributed by atoms with van der Waals surface area (Å²) in [5.41, 5.74) is -1.65. The third-order valence-electron chi connectivity index (χ3n) is 6.30. The fraction of sp³-hybridized carbons (Fsp3) is 0.400. The molecular weight excluding hydrogens is 558 g/mol. The summed E-state index contributed by atoms with van der Waals surface area (Å²) >= 11 is 0. The average Bonchev–Trinajstić information content (AvgIpc) is 2.95. The van der Waals surface area contributed by atoms with Crippen LogP contribution in [0.4, 0.5) is 40.8 Å². The van der Waals surface area contributed by atoms with Gasteiger partial charge in [0.1, 0.15) is 11.5 Å². The highest BCUT2D eigenvalue weighted by atomic mass is 19.4. The molecule has 1 unspecified atom stereocenters. The van der Waals surface area contributed by atoms with Crippen molar-refractivity contribution in [2.24, 2.45) is 5.41 Å². The van der Waals surface area contributed by atoms with Crippen LogP contribution in [0.3, 0.4) is 0 Å². The number of carbonyl (C=O) groups is 3. The van der Waals surface area contributed by atoms with Crippen LogP contribution in [0.2, 0.25) is 0 Å². The summed E-state index contributed by atoms with van der Waals surface area (Å²) in [6.07, 6.45) is -14.0. The number of fused-ring (bicyclic) bond motifs is 3. The number of carbonyl (C=O) groups excluding carboxylic acids is 3. The van der Waals surface area contributed by atoms with Crippen molar-refractivity contribution in [3.63, 3.8) is 0 Å². The number of para-hydroxylation sites is 1. The standard InChI is InChI=1S/C25H23F8N3O4/c1-22(2,20(39)34-12-23(26,27)25(31,32)33)21(40)35-18-15-9-4-3-7-13(15)14-8-5-6-10-16(14)36(19(18)38)11-17(37)24(28,29)30/h3-10,17-18,37H,11-12H2,1-2H3,(H,34,39)(H,35,40)/t17?,18-/m0/s1. The van der Waals surface area contributed by atoms with Crippen LogP contribution in [-0.2, 0) is 14.4 Å². The van der Waals surface area contributed by atoms with Crippen LogP contribution in [0.15, 0.2) is 48.5 Å². The second kappa shape index (κ2) is 10.7. The fourth-order valence-electron chi connectivity index (χ4n) is 3.87. The number of hydrogen-bond donors (Lipinski definition) is 3. The van der Waals surface area contributed by atoms with Gasteiger partial charge in [0.2, 0.25) is 11.8 Å². The zero-order chi connectivity index (χ0) is 30.3. The highest BCUT2D eigenvalue weighted by Crippen LogP contribution is 2.41. The first kappa shape index (κ1) is 30.8. The Morgan fingerprint density at radius 3 is 2.02 bits per heavy atom. The Hall–Kier alpha value is -3.75.